The highest BCUT2D eigenvalue weighted by molar-refractivity contribution is 6.30. The first kappa shape index (κ1) is 13.0. The molecule has 1 aromatic rings. The Morgan fingerprint density at radius 1 is 1.56 bits per heavy atom. The molecule has 0 spiro atoms. The molecule has 4 heteroatoms. The van der Waals surface area contributed by atoms with Crippen molar-refractivity contribution in [3.63, 3.8) is 0 Å². The molecule has 1 saturated carbocycles. The van der Waals surface area contributed by atoms with Crippen LogP contribution in [0, 0.1) is 0 Å². The lowest BCUT2D eigenvalue weighted by Gasteiger charge is -2.19. The molecule has 1 aromatic carbocycles. The number of nitrogens with one attached hydrogen (secondary N) is 1. The molecule has 1 aliphatic carbocycles. The summed E-state index contributed by atoms with van der Waals surface area (Å²) in [5, 5.41) is 12.6. The van der Waals surface area contributed by atoms with E-state index in [9.17, 15) is 9.90 Å². The van der Waals surface area contributed by atoms with Gasteiger partial charge in [0.1, 0.15) is 5.76 Å². The fraction of sp³-hybridized carbons (Fsp3) is 0.357. The van der Waals surface area contributed by atoms with Crippen LogP contribution >= 0.6 is 11.6 Å². The van der Waals surface area contributed by atoms with Crippen LogP contribution in [0.4, 0.5) is 0 Å². The highest BCUT2D eigenvalue weighted by Crippen LogP contribution is 2.48. The van der Waals surface area contributed by atoms with Gasteiger partial charge in [-0.15, -0.1) is 0 Å². The molecular formula is C14H16ClNO2. The molecule has 1 aliphatic rings. The van der Waals surface area contributed by atoms with E-state index in [-0.39, 0.29) is 11.7 Å². The van der Waals surface area contributed by atoms with Crippen LogP contribution in [0.2, 0.25) is 5.02 Å². The van der Waals surface area contributed by atoms with Gasteiger partial charge in [0, 0.05) is 5.02 Å². The number of hydrogen-bond acceptors (Lipinski definition) is 2. The lowest BCUT2D eigenvalue weighted by atomic mass is 9.94. The van der Waals surface area contributed by atoms with E-state index in [1.54, 1.807) is 13.0 Å². The van der Waals surface area contributed by atoms with Gasteiger partial charge in [0.25, 0.3) is 0 Å². The maximum absolute atomic E-state index is 12.2. The molecule has 1 amide bonds. The summed E-state index contributed by atoms with van der Waals surface area (Å²) in [6, 6.07) is 6.94. The molecule has 3 nitrogen and oxygen atoms in total. The molecule has 96 valence electrons. The number of carbonyl (C=O) groups excluding carboxylic acids is 1. The Bertz CT molecular complexity index is 494. The summed E-state index contributed by atoms with van der Waals surface area (Å²) >= 11 is 5.95. The average Bonchev–Trinajstić information content (AvgIpc) is 3.09. The van der Waals surface area contributed by atoms with Crippen molar-refractivity contribution in [2.75, 3.05) is 0 Å². The minimum absolute atomic E-state index is 0.0368. The van der Waals surface area contributed by atoms with Gasteiger partial charge in [-0.05, 0) is 37.5 Å². The summed E-state index contributed by atoms with van der Waals surface area (Å²) < 4.78 is 0. The van der Waals surface area contributed by atoms with Gasteiger partial charge in [-0.3, -0.25) is 4.79 Å². The summed E-state index contributed by atoms with van der Waals surface area (Å²) in [5.74, 6) is -0.113. The molecule has 18 heavy (non-hydrogen) atoms. The Labute approximate surface area is 111 Å². The van der Waals surface area contributed by atoms with Gasteiger partial charge in [0.05, 0.1) is 11.5 Å². The van der Waals surface area contributed by atoms with Crippen LogP contribution in [-0.2, 0) is 10.2 Å². The lowest BCUT2D eigenvalue weighted by Crippen LogP contribution is -2.40. The van der Waals surface area contributed by atoms with E-state index in [1.807, 2.05) is 18.2 Å². The van der Waals surface area contributed by atoms with E-state index in [2.05, 4.69) is 11.9 Å². The van der Waals surface area contributed by atoms with Gasteiger partial charge in [-0.1, -0.05) is 30.3 Å². The van der Waals surface area contributed by atoms with Crippen LogP contribution in [-0.4, -0.2) is 17.1 Å². The fourth-order valence-electron chi connectivity index (χ4n) is 1.98. The van der Waals surface area contributed by atoms with E-state index < -0.39 is 11.5 Å². The molecule has 2 rings (SSSR count). The van der Waals surface area contributed by atoms with Gasteiger partial charge in [-0.2, -0.15) is 0 Å². The van der Waals surface area contributed by atoms with Gasteiger partial charge in [-0.25, -0.2) is 0 Å². The average molecular weight is 266 g/mol. The maximum Gasteiger partial charge on any atom is 0.231 e. The number of aliphatic hydroxyl groups is 1. The van der Waals surface area contributed by atoms with E-state index >= 15 is 0 Å². The van der Waals surface area contributed by atoms with Crippen molar-refractivity contribution in [2.45, 2.75) is 31.2 Å². The third-order valence-corrected chi connectivity index (χ3v) is 3.64. The molecule has 0 bridgehead atoms. The molecule has 1 fully saturated rings. The topological polar surface area (TPSA) is 49.3 Å². The molecule has 2 N–H and O–H groups in total. The van der Waals surface area contributed by atoms with Crippen LogP contribution in [0.15, 0.2) is 36.6 Å². The van der Waals surface area contributed by atoms with Crippen LogP contribution in [0.25, 0.3) is 0 Å². The monoisotopic (exact) mass is 265 g/mol. The van der Waals surface area contributed by atoms with Crippen molar-refractivity contribution >= 4 is 17.5 Å². The van der Waals surface area contributed by atoms with Crippen molar-refractivity contribution in [3.05, 3.63) is 47.2 Å². The second kappa shape index (κ2) is 4.65. The zero-order valence-electron chi connectivity index (χ0n) is 10.2. The second-order valence-electron chi connectivity index (χ2n) is 4.78. The number of amides is 1. The lowest BCUT2D eigenvalue weighted by molar-refractivity contribution is -0.124. The summed E-state index contributed by atoms with van der Waals surface area (Å²) in [5.41, 5.74) is 0.456. The summed E-state index contributed by atoms with van der Waals surface area (Å²) in [6.07, 6.45) is 1.62. The number of rotatable bonds is 4. The number of carbonyl (C=O) groups is 1. The Kier molecular flexibility index (Phi) is 3.35. The van der Waals surface area contributed by atoms with E-state index in [4.69, 9.17) is 11.6 Å². The zero-order chi connectivity index (χ0) is 13.3. The summed E-state index contributed by atoms with van der Waals surface area (Å²) in [4.78, 5) is 12.2. The van der Waals surface area contributed by atoms with Gasteiger partial charge in [0.2, 0.25) is 5.91 Å². The van der Waals surface area contributed by atoms with Crippen molar-refractivity contribution in [3.8, 4) is 0 Å². The molecule has 0 saturated heterocycles. The molecular weight excluding hydrogens is 250 g/mol. The first-order valence-corrected chi connectivity index (χ1v) is 6.28. The predicted molar refractivity (Wildman–Crippen MR) is 71.7 cm³/mol. The predicted octanol–water partition coefficient (Wildman–Crippen LogP) is 2.95. The first-order chi connectivity index (χ1) is 8.45. The summed E-state index contributed by atoms with van der Waals surface area (Å²) in [7, 11) is 0. The minimum atomic E-state index is -0.478. The van der Waals surface area contributed by atoms with E-state index in [0.717, 1.165) is 18.4 Å². The third kappa shape index (κ3) is 2.36. The molecule has 0 radical (unpaired) electrons. The van der Waals surface area contributed by atoms with Crippen molar-refractivity contribution in [1.82, 2.24) is 5.32 Å². The Balaban J connectivity index is 2.17. The van der Waals surface area contributed by atoms with Crippen LogP contribution in [0.1, 0.15) is 25.3 Å². The Morgan fingerprint density at radius 2 is 2.22 bits per heavy atom. The summed E-state index contributed by atoms with van der Waals surface area (Å²) in [6.45, 7) is 5.12. The molecule has 0 aromatic heterocycles. The Morgan fingerprint density at radius 3 is 2.72 bits per heavy atom. The number of hydrogen-bond donors (Lipinski definition) is 2. The first-order valence-electron chi connectivity index (χ1n) is 5.90. The normalized spacial score (nSPS) is 17.9. The number of aliphatic hydroxyl groups excluding tert-OH is 1. The van der Waals surface area contributed by atoms with Crippen LogP contribution in [0.5, 0.6) is 0 Å². The maximum atomic E-state index is 12.2. The third-order valence-electron chi connectivity index (χ3n) is 3.41. The zero-order valence-corrected chi connectivity index (χ0v) is 11.0. The number of benzene rings is 1. The molecule has 1 atom stereocenters. The largest absolute Gasteiger partial charge is 0.511 e. The molecule has 1 unspecified atom stereocenters. The van der Waals surface area contributed by atoms with Gasteiger partial charge >= 0.3 is 0 Å². The van der Waals surface area contributed by atoms with Crippen molar-refractivity contribution < 1.29 is 9.90 Å². The quantitative estimate of drug-likeness (QED) is 0.823. The van der Waals surface area contributed by atoms with Crippen molar-refractivity contribution in [1.29, 1.82) is 0 Å². The number of halogens is 1. The SMILES string of the molecule is C=C(O)C(C)NC(=O)C1(c2cccc(Cl)c2)CC1. The smallest absolute Gasteiger partial charge is 0.231 e. The van der Waals surface area contributed by atoms with Gasteiger partial charge < -0.3 is 10.4 Å². The highest BCUT2D eigenvalue weighted by atomic mass is 35.5. The molecule has 0 aliphatic heterocycles. The van der Waals surface area contributed by atoms with Crippen LogP contribution < -0.4 is 5.32 Å². The van der Waals surface area contributed by atoms with E-state index in [0.29, 0.717) is 5.02 Å². The minimum Gasteiger partial charge on any atom is -0.511 e. The van der Waals surface area contributed by atoms with Crippen LogP contribution in [0.3, 0.4) is 0 Å². The highest BCUT2D eigenvalue weighted by Gasteiger charge is 2.51. The molecule has 0 heterocycles. The van der Waals surface area contributed by atoms with Crippen molar-refractivity contribution in [2.24, 2.45) is 0 Å². The fourth-order valence-corrected chi connectivity index (χ4v) is 2.17. The second-order valence-corrected chi connectivity index (χ2v) is 5.22. The van der Waals surface area contributed by atoms with E-state index in [1.165, 1.54) is 0 Å². The standard InChI is InChI=1S/C14H16ClNO2/c1-9(10(2)17)16-13(18)14(6-7-14)11-4-3-5-12(15)8-11/h3-5,8-9,17H,2,6-7H2,1H3,(H,16,18). The Hall–Kier alpha value is -1.48. The van der Waals surface area contributed by atoms with Gasteiger partial charge in [0.15, 0.2) is 0 Å².